The number of hydrogen-bond acceptors (Lipinski definition) is 7. The molecule has 1 atom stereocenters. The minimum atomic E-state index is -4.84. The fourth-order valence-electron chi connectivity index (χ4n) is 0.543. The average molecular weight is 274 g/mol. The number of hydrazine groups is 1. The number of carboxylic acids is 2. The first kappa shape index (κ1) is 18.1. The topological polar surface area (TPSA) is 187 Å². The molecule has 0 aliphatic heterocycles. The molecule has 0 aromatic rings. The Morgan fingerprint density at radius 3 is 1.82 bits per heavy atom. The van der Waals surface area contributed by atoms with Gasteiger partial charge in [0.1, 0.15) is 0 Å². The maximum absolute atomic E-state index is 10.2. The largest absolute Gasteiger partial charge is 0.481 e. The van der Waals surface area contributed by atoms with Crippen molar-refractivity contribution in [1.82, 2.24) is 5.43 Å². The van der Waals surface area contributed by atoms with E-state index >= 15 is 0 Å². The molecule has 0 fully saturated rings. The normalized spacial score (nSPS) is 12.2. The van der Waals surface area contributed by atoms with Gasteiger partial charge in [0.2, 0.25) is 0 Å². The number of nitrogens with two attached hydrogens (primary N) is 1. The van der Waals surface area contributed by atoms with Crippen molar-refractivity contribution in [3.63, 3.8) is 0 Å². The molecule has 0 saturated heterocycles. The van der Waals surface area contributed by atoms with Crippen molar-refractivity contribution in [1.29, 1.82) is 0 Å². The Morgan fingerprint density at radius 1 is 1.29 bits per heavy atom. The maximum atomic E-state index is 10.2. The van der Waals surface area contributed by atoms with Crippen LogP contribution >= 0.6 is 0 Å². The lowest BCUT2D eigenvalue weighted by Crippen LogP contribution is -2.31. The second-order valence-corrected chi connectivity index (χ2v) is 4.22. The lowest BCUT2D eigenvalue weighted by molar-refractivity contribution is -0.143. The zero-order chi connectivity index (χ0) is 14.1. The Kier molecular flexibility index (Phi) is 9.41. The van der Waals surface area contributed by atoms with Crippen molar-refractivity contribution in [2.75, 3.05) is 13.2 Å². The third-order valence-electron chi connectivity index (χ3n) is 1.25. The van der Waals surface area contributed by atoms with E-state index in [1.54, 1.807) is 0 Å². The van der Waals surface area contributed by atoms with Crippen molar-refractivity contribution in [2.45, 2.75) is 11.7 Å². The second-order valence-electron chi connectivity index (χ2n) is 2.62. The Balaban J connectivity index is 0. The quantitative estimate of drug-likeness (QED) is 0.168. The number of nitrogens with one attached hydrogen (secondary N) is 1. The molecule has 7 N–H and O–H groups in total. The van der Waals surface area contributed by atoms with E-state index in [0.717, 1.165) is 0 Å². The molecule has 102 valence electrons. The highest BCUT2D eigenvalue weighted by Gasteiger charge is 2.33. The van der Waals surface area contributed by atoms with Crippen LogP contribution in [0.4, 0.5) is 0 Å². The van der Waals surface area contributed by atoms with Gasteiger partial charge in [-0.15, -0.1) is 0 Å². The summed E-state index contributed by atoms with van der Waals surface area (Å²) in [5, 5.41) is 21.8. The lowest BCUT2D eigenvalue weighted by Gasteiger charge is -2.04. The summed E-state index contributed by atoms with van der Waals surface area (Å²) in [6, 6.07) is 0. The van der Waals surface area contributed by atoms with Crippen molar-refractivity contribution in [3.05, 3.63) is 0 Å². The molecule has 1 unspecified atom stereocenters. The molecular formula is C6H14N2O8S. The Hall–Kier alpha value is -1.27. The van der Waals surface area contributed by atoms with E-state index in [1.165, 1.54) is 0 Å². The van der Waals surface area contributed by atoms with Gasteiger partial charge in [-0.2, -0.15) is 8.42 Å². The number of carbonyl (C=O) groups is 2. The first-order chi connectivity index (χ1) is 7.66. The van der Waals surface area contributed by atoms with Gasteiger partial charge in [-0.05, 0) is 0 Å². The zero-order valence-electron chi connectivity index (χ0n) is 8.61. The molecule has 0 amide bonds. The Morgan fingerprint density at radius 2 is 1.76 bits per heavy atom. The fraction of sp³-hybridized carbons (Fsp3) is 0.667. The van der Waals surface area contributed by atoms with Crippen LogP contribution in [0.1, 0.15) is 6.42 Å². The van der Waals surface area contributed by atoms with Gasteiger partial charge in [0.05, 0.1) is 13.0 Å². The van der Waals surface area contributed by atoms with Gasteiger partial charge < -0.3 is 15.3 Å². The summed E-state index contributed by atoms with van der Waals surface area (Å²) in [6.45, 7) is 0.580. The predicted molar refractivity (Wildman–Crippen MR) is 54.5 cm³/mol. The van der Waals surface area contributed by atoms with Crippen LogP contribution in [-0.4, -0.2) is 58.6 Å². The smallest absolute Gasteiger partial charge is 0.325 e. The van der Waals surface area contributed by atoms with E-state index in [-0.39, 0.29) is 6.61 Å². The van der Waals surface area contributed by atoms with Gasteiger partial charge >= 0.3 is 11.9 Å². The molecule has 0 rings (SSSR count). The molecule has 10 nitrogen and oxygen atoms in total. The molecule has 0 heterocycles. The predicted octanol–water partition coefficient (Wildman–Crippen LogP) is -2.76. The van der Waals surface area contributed by atoms with Crippen LogP contribution in [-0.2, 0) is 19.7 Å². The lowest BCUT2D eigenvalue weighted by atomic mass is 10.3. The van der Waals surface area contributed by atoms with E-state index in [9.17, 15) is 18.0 Å². The highest BCUT2D eigenvalue weighted by Crippen LogP contribution is 2.04. The minimum absolute atomic E-state index is 0.108. The molecule has 11 heteroatoms. The monoisotopic (exact) mass is 274 g/mol. The maximum Gasteiger partial charge on any atom is 0.325 e. The van der Waals surface area contributed by atoms with Crippen molar-refractivity contribution in [2.24, 2.45) is 5.84 Å². The van der Waals surface area contributed by atoms with Crippen LogP contribution in [0.5, 0.6) is 0 Å². The minimum Gasteiger partial charge on any atom is -0.481 e. The molecule has 0 aliphatic carbocycles. The van der Waals surface area contributed by atoms with Crippen LogP contribution in [0.15, 0.2) is 0 Å². The molecule has 0 aromatic carbocycles. The first-order valence-corrected chi connectivity index (χ1v) is 5.62. The molecular weight excluding hydrogens is 260 g/mol. The van der Waals surface area contributed by atoms with E-state index in [4.69, 9.17) is 25.7 Å². The van der Waals surface area contributed by atoms with Crippen molar-refractivity contribution in [3.8, 4) is 0 Å². The van der Waals surface area contributed by atoms with Crippen LogP contribution < -0.4 is 11.3 Å². The van der Waals surface area contributed by atoms with Crippen LogP contribution in [0.25, 0.3) is 0 Å². The van der Waals surface area contributed by atoms with Crippen LogP contribution in [0.3, 0.4) is 0 Å². The van der Waals surface area contributed by atoms with Gasteiger partial charge in [-0.3, -0.25) is 25.4 Å². The number of rotatable bonds is 6. The summed E-state index contributed by atoms with van der Waals surface area (Å²) in [5.41, 5.74) is 2.27. The van der Waals surface area contributed by atoms with Crippen LogP contribution in [0, 0.1) is 0 Å². The third-order valence-corrected chi connectivity index (χ3v) is 2.34. The second kappa shape index (κ2) is 8.83. The number of aliphatic carboxylic acids is 2. The third kappa shape index (κ3) is 11.0. The van der Waals surface area contributed by atoms with Gasteiger partial charge in [0, 0.05) is 6.54 Å². The SMILES string of the molecule is NNCCO.O=C(O)CC(C(=O)O)S(=O)(=O)O. The number of aliphatic hydroxyl groups is 1. The molecule has 0 bridgehead atoms. The van der Waals surface area contributed by atoms with Crippen LogP contribution in [0.2, 0.25) is 0 Å². The molecule has 17 heavy (non-hydrogen) atoms. The Labute approximate surface area is 96.8 Å². The summed E-state index contributed by atoms with van der Waals surface area (Å²) in [5.74, 6) is 1.23. The molecule has 0 aromatic heterocycles. The molecule has 0 spiro atoms. The molecule has 0 saturated carbocycles. The zero-order valence-corrected chi connectivity index (χ0v) is 9.42. The first-order valence-electron chi connectivity index (χ1n) is 4.12. The highest BCUT2D eigenvalue weighted by atomic mass is 32.2. The van der Waals surface area contributed by atoms with E-state index in [1.807, 2.05) is 0 Å². The van der Waals surface area contributed by atoms with Gasteiger partial charge in [0.15, 0.2) is 5.25 Å². The molecule has 0 radical (unpaired) electrons. The average Bonchev–Trinajstić information content (AvgIpc) is 2.14. The summed E-state index contributed by atoms with van der Waals surface area (Å²) in [4.78, 5) is 20.0. The fourth-order valence-corrected chi connectivity index (χ4v) is 1.15. The summed E-state index contributed by atoms with van der Waals surface area (Å²) < 4.78 is 28.7. The summed E-state index contributed by atoms with van der Waals surface area (Å²) in [7, 11) is -4.84. The van der Waals surface area contributed by atoms with E-state index in [0.29, 0.717) is 6.54 Å². The number of aliphatic hydroxyl groups excluding tert-OH is 1. The van der Waals surface area contributed by atoms with E-state index < -0.39 is 33.7 Å². The van der Waals surface area contributed by atoms with Gasteiger partial charge in [-0.1, -0.05) is 0 Å². The van der Waals surface area contributed by atoms with Crippen molar-refractivity contribution < 1.29 is 37.9 Å². The van der Waals surface area contributed by atoms with Gasteiger partial charge in [-0.25, -0.2) is 0 Å². The standard InChI is InChI=1S/C4H6O7S.C2H8N2O/c5-3(6)1-2(4(7)8)12(9,10)11;3-4-1-2-5/h2H,1H2,(H,5,6)(H,7,8)(H,9,10,11);4-5H,1-3H2. The number of hydrogen-bond donors (Lipinski definition) is 6. The van der Waals surface area contributed by atoms with Crippen molar-refractivity contribution >= 4 is 22.1 Å². The van der Waals surface area contributed by atoms with Gasteiger partial charge in [0.25, 0.3) is 10.1 Å². The number of carboxylic acid groups (broad SMARTS) is 2. The summed E-state index contributed by atoms with van der Waals surface area (Å²) in [6.07, 6.45) is -1.16. The highest BCUT2D eigenvalue weighted by molar-refractivity contribution is 7.87. The Bertz CT molecular complexity index is 338. The summed E-state index contributed by atoms with van der Waals surface area (Å²) >= 11 is 0. The molecule has 0 aliphatic rings. The van der Waals surface area contributed by atoms with E-state index in [2.05, 4.69) is 5.43 Å².